The lowest BCUT2D eigenvalue weighted by Crippen LogP contribution is -2.30. The van der Waals surface area contributed by atoms with Gasteiger partial charge in [-0.15, -0.1) is 0 Å². The van der Waals surface area contributed by atoms with Crippen LogP contribution in [0.15, 0.2) is 0 Å². The van der Waals surface area contributed by atoms with E-state index in [1.54, 1.807) is 0 Å². The lowest BCUT2D eigenvalue weighted by atomic mass is 9.99. The van der Waals surface area contributed by atoms with E-state index >= 15 is 0 Å². The number of carbonyl (C=O) groups excluding carboxylic acids is 4. The Kier molecular flexibility index (Phi) is 66.5. The fraction of sp³-hybridized carbons (Fsp3) is 0.947. The lowest BCUT2D eigenvalue weighted by Gasteiger charge is -2.21. The van der Waals surface area contributed by atoms with Gasteiger partial charge in [-0.2, -0.15) is 0 Å². The maximum absolute atomic E-state index is 13.1. The average molecular weight is 1400 g/mol. The topological polar surface area (TPSA) is 237 Å². The number of unbranched alkanes of at least 4 members (excludes halogenated alkanes) is 44. The summed E-state index contributed by atoms with van der Waals surface area (Å²) in [5.74, 6) is -0.540. The molecule has 0 radical (unpaired) electrons. The van der Waals surface area contributed by atoms with Crippen LogP contribution in [0.2, 0.25) is 0 Å². The van der Waals surface area contributed by atoms with Crippen molar-refractivity contribution in [1.82, 2.24) is 0 Å². The van der Waals surface area contributed by atoms with Gasteiger partial charge in [0.25, 0.3) is 0 Å². The zero-order valence-corrected chi connectivity index (χ0v) is 63.8. The van der Waals surface area contributed by atoms with Crippen LogP contribution >= 0.6 is 15.6 Å². The zero-order chi connectivity index (χ0) is 70.0. The second kappa shape index (κ2) is 67.9. The predicted molar refractivity (Wildman–Crippen MR) is 386 cm³/mol. The third-order valence-electron chi connectivity index (χ3n) is 18.1. The van der Waals surface area contributed by atoms with Crippen LogP contribution in [0.25, 0.3) is 0 Å². The number of hydrogen-bond acceptors (Lipinski definition) is 15. The van der Waals surface area contributed by atoms with E-state index < -0.39 is 97.5 Å². The number of rotatable bonds is 75. The van der Waals surface area contributed by atoms with Gasteiger partial charge in [-0.3, -0.25) is 37.3 Å². The second-order valence-corrected chi connectivity index (χ2v) is 31.0. The molecule has 19 heteroatoms. The highest BCUT2D eigenvalue weighted by Crippen LogP contribution is 2.45. The predicted octanol–water partition coefficient (Wildman–Crippen LogP) is 22.3. The Labute approximate surface area is 581 Å². The second-order valence-electron chi connectivity index (χ2n) is 28.1. The Morgan fingerprint density at radius 1 is 0.305 bits per heavy atom. The summed E-state index contributed by atoms with van der Waals surface area (Å²) in [5.41, 5.74) is 0. The fourth-order valence-corrected chi connectivity index (χ4v) is 13.2. The number of carbonyl (C=O) groups is 4. The molecule has 0 amide bonds. The van der Waals surface area contributed by atoms with Gasteiger partial charge in [-0.1, -0.05) is 343 Å². The van der Waals surface area contributed by atoms with Crippen LogP contribution in [0.5, 0.6) is 0 Å². The molecule has 0 bridgehead atoms. The first-order chi connectivity index (χ1) is 45.9. The number of phosphoric acid groups is 2. The van der Waals surface area contributed by atoms with Crippen LogP contribution in [0.3, 0.4) is 0 Å². The van der Waals surface area contributed by atoms with Gasteiger partial charge in [0.2, 0.25) is 0 Å². The Hall–Kier alpha value is -1.94. The largest absolute Gasteiger partial charge is 0.472 e. The molecule has 17 nitrogen and oxygen atoms in total. The summed E-state index contributed by atoms with van der Waals surface area (Å²) in [6.07, 6.45) is 55.5. The van der Waals surface area contributed by atoms with E-state index in [4.69, 9.17) is 37.0 Å². The van der Waals surface area contributed by atoms with Crippen LogP contribution in [-0.4, -0.2) is 96.7 Å². The zero-order valence-electron chi connectivity index (χ0n) is 62.0. The van der Waals surface area contributed by atoms with Crippen molar-refractivity contribution in [3.8, 4) is 0 Å². The van der Waals surface area contributed by atoms with Gasteiger partial charge in [0.1, 0.15) is 19.3 Å². The molecular formula is C76H148O17P2. The van der Waals surface area contributed by atoms with Crippen molar-refractivity contribution < 1.29 is 80.2 Å². The van der Waals surface area contributed by atoms with Crippen molar-refractivity contribution >= 4 is 39.5 Å². The third-order valence-corrected chi connectivity index (χ3v) is 20.0. The normalized spacial score (nSPS) is 14.3. The molecule has 0 aliphatic heterocycles. The van der Waals surface area contributed by atoms with Crippen molar-refractivity contribution in [2.45, 2.75) is 413 Å². The minimum atomic E-state index is -4.96. The Balaban J connectivity index is 5.17. The summed E-state index contributed by atoms with van der Waals surface area (Å²) in [4.78, 5) is 72.7. The Morgan fingerprint density at radius 3 is 0.800 bits per heavy atom. The molecule has 0 aromatic heterocycles. The highest BCUT2D eigenvalue weighted by atomic mass is 31.2. The molecule has 0 saturated carbocycles. The molecule has 564 valence electrons. The number of phosphoric ester groups is 2. The van der Waals surface area contributed by atoms with Crippen LogP contribution in [0, 0.1) is 11.8 Å². The average Bonchev–Trinajstić information content (AvgIpc) is 1.82. The molecule has 3 unspecified atom stereocenters. The molecule has 0 rings (SSSR count). The summed E-state index contributed by atoms with van der Waals surface area (Å²) in [5, 5.41) is 10.6. The minimum Gasteiger partial charge on any atom is -0.462 e. The van der Waals surface area contributed by atoms with Crippen LogP contribution < -0.4 is 0 Å². The number of hydrogen-bond donors (Lipinski definition) is 3. The van der Waals surface area contributed by atoms with Gasteiger partial charge in [-0.05, 0) is 37.5 Å². The monoisotopic (exact) mass is 1400 g/mol. The van der Waals surface area contributed by atoms with Gasteiger partial charge < -0.3 is 33.8 Å². The number of aliphatic hydroxyl groups excluding tert-OH is 1. The summed E-state index contributed by atoms with van der Waals surface area (Å²) >= 11 is 0. The van der Waals surface area contributed by atoms with Crippen LogP contribution in [0.1, 0.15) is 395 Å². The molecular weight excluding hydrogens is 1250 g/mol. The Bertz CT molecular complexity index is 1840. The van der Waals surface area contributed by atoms with E-state index in [2.05, 4.69) is 41.5 Å². The van der Waals surface area contributed by atoms with E-state index in [0.717, 1.165) is 102 Å². The number of esters is 4. The highest BCUT2D eigenvalue weighted by molar-refractivity contribution is 7.47. The molecule has 6 atom stereocenters. The molecule has 0 aliphatic carbocycles. The molecule has 0 spiro atoms. The van der Waals surface area contributed by atoms with E-state index in [1.807, 2.05) is 0 Å². The van der Waals surface area contributed by atoms with Crippen molar-refractivity contribution in [3.05, 3.63) is 0 Å². The quantitative estimate of drug-likeness (QED) is 0.0222. The molecule has 0 aromatic rings. The first kappa shape index (κ1) is 93.1. The third kappa shape index (κ3) is 69.0. The molecule has 0 aromatic carbocycles. The van der Waals surface area contributed by atoms with Gasteiger partial charge in [0.05, 0.1) is 26.4 Å². The number of aliphatic hydroxyl groups is 1. The minimum absolute atomic E-state index is 0.106. The first-order valence-corrected chi connectivity index (χ1v) is 42.5. The fourth-order valence-electron chi connectivity index (χ4n) is 11.6. The summed E-state index contributed by atoms with van der Waals surface area (Å²) in [6.45, 7) is 9.60. The van der Waals surface area contributed by atoms with Gasteiger partial charge in [0.15, 0.2) is 12.2 Å². The smallest absolute Gasteiger partial charge is 0.462 e. The van der Waals surface area contributed by atoms with Crippen molar-refractivity contribution in [3.63, 3.8) is 0 Å². The molecule has 0 aliphatic rings. The molecule has 95 heavy (non-hydrogen) atoms. The molecule has 3 N–H and O–H groups in total. The number of ether oxygens (including phenoxy) is 4. The van der Waals surface area contributed by atoms with E-state index in [0.29, 0.717) is 31.6 Å². The maximum Gasteiger partial charge on any atom is 0.472 e. The Morgan fingerprint density at radius 2 is 0.537 bits per heavy atom. The first-order valence-electron chi connectivity index (χ1n) is 39.5. The SMILES string of the molecule is CCCCCCCCCCCCCCC(=O)OC[C@H](COP(=O)(O)OC[C@@H](O)COP(=O)(O)OC[C@@H](COC(=O)CCCCCCCCCC(C)C)OC(=O)CCCCCCCCCCCCC)OC(=O)CCCCCCCCCCCCCCCCCCCCC(C)CC. The van der Waals surface area contributed by atoms with Crippen molar-refractivity contribution in [1.29, 1.82) is 0 Å². The summed E-state index contributed by atoms with van der Waals surface area (Å²) in [6, 6.07) is 0. The van der Waals surface area contributed by atoms with Crippen molar-refractivity contribution in [2.24, 2.45) is 11.8 Å². The van der Waals surface area contributed by atoms with Crippen LogP contribution in [-0.2, 0) is 65.4 Å². The lowest BCUT2D eigenvalue weighted by molar-refractivity contribution is -0.161. The van der Waals surface area contributed by atoms with E-state index in [-0.39, 0.29) is 25.7 Å². The molecule has 0 heterocycles. The molecule has 0 saturated heterocycles. The highest BCUT2D eigenvalue weighted by Gasteiger charge is 2.30. The van der Waals surface area contributed by atoms with E-state index in [9.17, 15) is 43.2 Å². The van der Waals surface area contributed by atoms with Crippen LogP contribution in [0.4, 0.5) is 0 Å². The van der Waals surface area contributed by atoms with Gasteiger partial charge in [0, 0.05) is 25.7 Å². The maximum atomic E-state index is 13.1. The van der Waals surface area contributed by atoms with Gasteiger partial charge in [-0.25, -0.2) is 9.13 Å². The summed E-state index contributed by atoms with van der Waals surface area (Å²) in [7, 11) is -9.91. The van der Waals surface area contributed by atoms with Gasteiger partial charge >= 0.3 is 39.5 Å². The van der Waals surface area contributed by atoms with Crippen molar-refractivity contribution in [2.75, 3.05) is 39.6 Å². The van der Waals surface area contributed by atoms with E-state index in [1.165, 1.54) is 205 Å². The molecule has 0 fully saturated rings. The summed E-state index contributed by atoms with van der Waals surface area (Å²) < 4.78 is 68.4. The standard InChI is InChI=1S/C76H148O17P2/c1-7-10-12-14-16-18-20-31-34-40-46-52-58-73(78)86-64-71(92-76(81)61-55-49-42-36-32-28-26-24-22-21-23-25-27-30-33-39-45-51-57-69(6)9-3)66-90-94(82,83)88-62-70(77)63-89-95(84,85)91-67-72(65-87-74(79)59-53-47-43-37-38-44-50-56-68(4)5)93-75(80)60-54-48-41-35-29-19-17-15-13-11-8-2/h68-72,77H,7-67H2,1-6H3,(H,82,83)(H,84,85)/t69?,70-,71-,72-/m1/s1.